The molecule has 0 fully saturated rings. The average Bonchev–Trinajstić information content (AvgIpc) is 2.92. The van der Waals surface area contributed by atoms with Gasteiger partial charge >= 0.3 is 5.97 Å². The fraction of sp³-hybridized carbons (Fsp3) is 0.368. The average molecular weight is 388 g/mol. The number of carbonyl (C=O) groups is 4. The van der Waals surface area contributed by atoms with E-state index in [4.69, 9.17) is 9.84 Å². The van der Waals surface area contributed by atoms with E-state index in [1.54, 1.807) is 0 Å². The van der Waals surface area contributed by atoms with Gasteiger partial charge in [0.05, 0.1) is 17.8 Å². The summed E-state index contributed by atoms with van der Waals surface area (Å²) in [6.07, 6.45) is 2.24. The molecule has 1 N–H and O–H groups in total. The van der Waals surface area contributed by atoms with Gasteiger partial charge in [0.2, 0.25) is 0 Å². The van der Waals surface area contributed by atoms with Gasteiger partial charge in [-0.15, -0.1) is 0 Å². The van der Waals surface area contributed by atoms with Gasteiger partial charge in [0.25, 0.3) is 17.7 Å². The fourth-order valence-corrected chi connectivity index (χ4v) is 3.79. The van der Waals surface area contributed by atoms with Crippen molar-refractivity contribution in [2.24, 2.45) is 0 Å². The minimum atomic E-state index is -1.09. The lowest BCUT2D eigenvalue weighted by molar-refractivity contribution is -0.136. The van der Waals surface area contributed by atoms with Crippen molar-refractivity contribution in [3.63, 3.8) is 0 Å². The van der Waals surface area contributed by atoms with Crippen molar-refractivity contribution in [3.05, 3.63) is 29.1 Å². The summed E-state index contributed by atoms with van der Waals surface area (Å²) in [7, 11) is 0. The summed E-state index contributed by atoms with van der Waals surface area (Å²) in [5, 5.41) is 8.91. The molecule has 0 radical (unpaired) electrons. The standard InChI is InChI=1S/C19H17FN2O6/c20-12-7-15-14(21(6-5-17(24)25)16(23)9-28-15)8-13(12)22-18(26)10-3-1-2-4-11(10)19(22)27/h7-8H,1-6,9H2,(H,24,25). The summed E-state index contributed by atoms with van der Waals surface area (Å²) in [6, 6.07) is 2.22. The monoisotopic (exact) mass is 388 g/mol. The minimum absolute atomic E-state index is 0.0584. The molecule has 2 aliphatic heterocycles. The van der Waals surface area contributed by atoms with Gasteiger partial charge in [-0.05, 0) is 31.7 Å². The molecule has 0 bridgehead atoms. The van der Waals surface area contributed by atoms with E-state index in [0.29, 0.717) is 24.0 Å². The molecule has 9 heteroatoms. The number of anilines is 2. The number of halogens is 1. The maximum atomic E-state index is 14.7. The molecule has 0 atom stereocenters. The Labute approximate surface area is 159 Å². The van der Waals surface area contributed by atoms with Crippen LogP contribution < -0.4 is 14.5 Å². The molecule has 28 heavy (non-hydrogen) atoms. The molecule has 146 valence electrons. The van der Waals surface area contributed by atoms with Crippen LogP contribution in [0.2, 0.25) is 0 Å². The van der Waals surface area contributed by atoms with E-state index in [1.165, 1.54) is 11.0 Å². The maximum absolute atomic E-state index is 14.7. The third-order valence-electron chi connectivity index (χ3n) is 5.15. The van der Waals surface area contributed by atoms with Crippen molar-refractivity contribution >= 4 is 35.1 Å². The van der Waals surface area contributed by atoms with Gasteiger partial charge in [-0.25, -0.2) is 9.29 Å². The first-order valence-electron chi connectivity index (χ1n) is 8.98. The highest BCUT2D eigenvalue weighted by Crippen LogP contribution is 2.41. The van der Waals surface area contributed by atoms with Gasteiger partial charge < -0.3 is 14.7 Å². The van der Waals surface area contributed by atoms with Gasteiger partial charge in [-0.2, -0.15) is 0 Å². The molecule has 0 unspecified atom stereocenters. The lowest BCUT2D eigenvalue weighted by Crippen LogP contribution is -2.40. The summed E-state index contributed by atoms with van der Waals surface area (Å²) < 4.78 is 20.0. The number of carboxylic acids is 1. The van der Waals surface area contributed by atoms with E-state index in [9.17, 15) is 23.6 Å². The molecule has 2 heterocycles. The predicted molar refractivity (Wildman–Crippen MR) is 94.5 cm³/mol. The van der Waals surface area contributed by atoms with Crippen molar-refractivity contribution in [1.82, 2.24) is 0 Å². The Morgan fingerprint density at radius 2 is 1.71 bits per heavy atom. The topological polar surface area (TPSA) is 104 Å². The number of fused-ring (bicyclic) bond motifs is 1. The van der Waals surface area contributed by atoms with Crippen LogP contribution in [0.5, 0.6) is 5.75 Å². The van der Waals surface area contributed by atoms with Crippen molar-refractivity contribution in [1.29, 1.82) is 0 Å². The molecule has 3 amide bonds. The highest BCUT2D eigenvalue weighted by molar-refractivity contribution is 6.33. The molecule has 0 spiro atoms. The van der Waals surface area contributed by atoms with E-state index in [1.807, 2.05) is 0 Å². The van der Waals surface area contributed by atoms with E-state index < -0.39 is 29.5 Å². The molecule has 1 aliphatic carbocycles. The smallest absolute Gasteiger partial charge is 0.305 e. The number of amides is 3. The van der Waals surface area contributed by atoms with Gasteiger partial charge in [-0.3, -0.25) is 19.2 Å². The Morgan fingerprint density at radius 1 is 1.07 bits per heavy atom. The summed E-state index contributed by atoms with van der Waals surface area (Å²) in [6.45, 7) is -0.477. The van der Waals surface area contributed by atoms with Gasteiger partial charge in [0, 0.05) is 23.8 Å². The van der Waals surface area contributed by atoms with Gasteiger partial charge in [-0.1, -0.05) is 0 Å². The summed E-state index contributed by atoms with van der Waals surface area (Å²) in [5.74, 6) is -3.43. The first-order valence-corrected chi connectivity index (χ1v) is 8.98. The molecule has 0 saturated carbocycles. The zero-order chi connectivity index (χ0) is 20.0. The van der Waals surface area contributed by atoms with Crippen molar-refractivity contribution in [3.8, 4) is 5.75 Å². The van der Waals surface area contributed by atoms with E-state index in [2.05, 4.69) is 0 Å². The van der Waals surface area contributed by atoms with Crippen LogP contribution in [0.15, 0.2) is 23.3 Å². The molecule has 0 aromatic heterocycles. The molecular formula is C19H17FN2O6. The quantitative estimate of drug-likeness (QED) is 0.789. The number of hydrogen-bond acceptors (Lipinski definition) is 5. The number of hydrogen-bond donors (Lipinski definition) is 1. The first-order chi connectivity index (χ1) is 13.4. The Morgan fingerprint density at radius 3 is 2.32 bits per heavy atom. The van der Waals surface area contributed by atoms with Crippen molar-refractivity contribution in [2.45, 2.75) is 32.1 Å². The molecule has 3 aliphatic rings. The summed E-state index contributed by atoms with van der Waals surface area (Å²) in [4.78, 5) is 50.5. The van der Waals surface area contributed by atoms with Crippen molar-refractivity contribution < 1.29 is 33.4 Å². The van der Waals surface area contributed by atoms with Crippen LogP contribution in [0, 0.1) is 5.82 Å². The molecule has 8 nitrogen and oxygen atoms in total. The van der Waals surface area contributed by atoms with Crippen LogP contribution in [0.25, 0.3) is 0 Å². The molecule has 1 aromatic rings. The second-order valence-corrected chi connectivity index (χ2v) is 6.86. The maximum Gasteiger partial charge on any atom is 0.305 e. The number of carbonyl (C=O) groups excluding carboxylic acids is 3. The number of imide groups is 1. The second kappa shape index (κ2) is 6.74. The summed E-state index contributed by atoms with van der Waals surface area (Å²) in [5.41, 5.74) is 0.716. The lowest BCUT2D eigenvalue weighted by Gasteiger charge is -2.30. The zero-order valence-corrected chi connectivity index (χ0v) is 14.9. The van der Waals surface area contributed by atoms with Crippen LogP contribution in [-0.4, -0.2) is 41.9 Å². The first kappa shape index (κ1) is 18.1. The van der Waals surface area contributed by atoms with Crippen LogP contribution in [0.1, 0.15) is 32.1 Å². The lowest BCUT2D eigenvalue weighted by atomic mass is 9.93. The van der Waals surface area contributed by atoms with E-state index in [0.717, 1.165) is 23.8 Å². The Balaban J connectivity index is 1.74. The SMILES string of the molecule is O=C(O)CCN1C(=O)COc2cc(F)c(N3C(=O)C4=C(CCCC4)C3=O)cc21. The summed E-state index contributed by atoms with van der Waals surface area (Å²) >= 11 is 0. The van der Waals surface area contributed by atoms with Crippen LogP contribution in [0.4, 0.5) is 15.8 Å². The third kappa shape index (κ3) is 2.83. The number of benzene rings is 1. The predicted octanol–water partition coefficient (Wildman–Crippen LogP) is 1.77. The second-order valence-electron chi connectivity index (χ2n) is 6.86. The normalized spacial score (nSPS) is 19.0. The molecule has 4 rings (SSSR count). The number of ether oxygens (including phenoxy) is 1. The third-order valence-corrected chi connectivity index (χ3v) is 5.15. The van der Waals surface area contributed by atoms with Crippen LogP contribution >= 0.6 is 0 Å². The fourth-order valence-electron chi connectivity index (χ4n) is 3.79. The van der Waals surface area contributed by atoms with E-state index in [-0.39, 0.29) is 36.7 Å². The number of aliphatic carboxylic acids is 1. The van der Waals surface area contributed by atoms with Gasteiger partial charge in [0.1, 0.15) is 5.75 Å². The molecular weight excluding hydrogens is 371 g/mol. The highest BCUT2D eigenvalue weighted by atomic mass is 19.1. The number of rotatable bonds is 4. The zero-order valence-electron chi connectivity index (χ0n) is 14.9. The largest absolute Gasteiger partial charge is 0.481 e. The molecule has 1 aromatic carbocycles. The minimum Gasteiger partial charge on any atom is -0.481 e. The van der Waals surface area contributed by atoms with Crippen LogP contribution in [-0.2, 0) is 19.2 Å². The Hall–Kier alpha value is -3.23. The highest BCUT2D eigenvalue weighted by Gasteiger charge is 2.41. The van der Waals surface area contributed by atoms with Crippen molar-refractivity contribution in [2.75, 3.05) is 23.0 Å². The van der Waals surface area contributed by atoms with E-state index >= 15 is 0 Å². The number of nitrogens with zero attached hydrogens (tertiary/aromatic N) is 2. The Kier molecular flexibility index (Phi) is 4.37. The Bertz CT molecular complexity index is 926. The molecule has 0 saturated heterocycles. The number of carboxylic acid groups (broad SMARTS) is 1. The van der Waals surface area contributed by atoms with Gasteiger partial charge in [0.15, 0.2) is 12.4 Å². The van der Waals surface area contributed by atoms with Crippen LogP contribution in [0.3, 0.4) is 0 Å².